The van der Waals surface area contributed by atoms with E-state index in [-0.39, 0.29) is 35.5 Å². The van der Waals surface area contributed by atoms with E-state index < -0.39 is 8.32 Å². The second kappa shape index (κ2) is 13.0. The summed E-state index contributed by atoms with van der Waals surface area (Å²) in [6.45, 7) is 0. The molecule has 0 N–H and O–H groups in total. The number of halogens is 1. The summed E-state index contributed by atoms with van der Waals surface area (Å²) in [6, 6.07) is 15.8. The summed E-state index contributed by atoms with van der Waals surface area (Å²) >= 11 is 0. The van der Waals surface area contributed by atoms with Gasteiger partial charge < -0.3 is 45.6 Å². The monoisotopic (exact) mass is 514 g/mol. The van der Waals surface area contributed by atoms with Crippen molar-refractivity contribution >= 4 is 46.9 Å². The summed E-state index contributed by atoms with van der Waals surface area (Å²) in [4.78, 5) is 15.0. The summed E-state index contributed by atoms with van der Waals surface area (Å²) in [5.74, 6) is 3.10. The van der Waals surface area contributed by atoms with Crippen LogP contribution in [0.3, 0.4) is 0 Å². The van der Waals surface area contributed by atoms with Gasteiger partial charge in [-0.1, -0.05) is 33.8 Å². The molecule has 34 heavy (non-hydrogen) atoms. The van der Waals surface area contributed by atoms with E-state index in [2.05, 4.69) is 0 Å². The molecule has 10 heteroatoms. The standard InChI is InChI=1S/C24H27O7Si.ClH.Mg/c1-26-19-10-7-16(13-22(19)29-4)32(25,17-8-11-20(27-2)23(14-17)30-5)18-9-12-21(28-3)24(15-18)31-6;;/h7-15H,1-6H3;1H;/q-1;;+2/p-1. The molecule has 0 aliphatic carbocycles. The third kappa shape index (κ3) is 5.50. The van der Waals surface area contributed by atoms with Crippen molar-refractivity contribution in [3.8, 4) is 34.5 Å². The zero-order valence-electron chi connectivity index (χ0n) is 20.1. The summed E-state index contributed by atoms with van der Waals surface area (Å²) in [7, 11) is 5.52. The Morgan fingerprint density at radius 3 is 0.912 bits per heavy atom. The molecular formula is C24H27ClMgO7Si. The second-order valence-corrected chi connectivity index (χ2v) is 9.98. The summed E-state index contributed by atoms with van der Waals surface area (Å²) in [6.07, 6.45) is 0. The Kier molecular flexibility index (Phi) is 11.3. The first kappa shape index (κ1) is 29.7. The van der Waals surface area contributed by atoms with Crippen LogP contribution in [-0.4, -0.2) is 74.0 Å². The van der Waals surface area contributed by atoms with E-state index in [0.717, 1.165) is 0 Å². The molecule has 0 fully saturated rings. The number of benzene rings is 3. The molecule has 3 rings (SSSR count). The van der Waals surface area contributed by atoms with Gasteiger partial charge in [0.15, 0.2) is 34.5 Å². The van der Waals surface area contributed by atoms with E-state index in [4.69, 9.17) is 28.4 Å². The normalized spacial score (nSPS) is 10.3. The summed E-state index contributed by atoms with van der Waals surface area (Å²) in [5, 5.41) is 1.78. The number of hydrogen-bond donors (Lipinski definition) is 0. The molecule has 7 nitrogen and oxygen atoms in total. The predicted molar refractivity (Wildman–Crippen MR) is 129 cm³/mol. The minimum absolute atomic E-state index is 0. The fourth-order valence-corrected chi connectivity index (χ4v) is 6.62. The van der Waals surface area contributed by atoms with Gasteiger partial charge in [-0.15, -0.1) is 0 Å². The van der Waals surface area contributed by atoms with Crippen LogP contribution in [0.15, 0.2) is 54.6 Å². The van der Waals surface area contributed by atoms with E-state index in [0.29, 0.717) is 50.1 Å². The Morgan fingerprint density at radius 2 is 0.706 bits per heavy atom. The maximum atomic E-state index is 15.0. The molecule has 0 saturated heterocycles. The van der Waals surface area contributed by atoms with E-state index in [1.54, 1.807) is 97.3 Å². The van der Waals surface area contributed by atoms with Crippen molar-refractivity contribution in [1.82, 2.24) is 0 Å². The summed E-state index contributed by atoms with van der Waals surface area (Å²) < 4.78 is 32.5. The van der Waals surface area contributed by atoms with Crippen LogP contribution in [-0.2, 0) is 0 Å². The van der Waals surface area contributed by atoms with Crippen molar-refractivity contribution < 1.29 is 45.6 Å². The van der Waals surface area contributed by atoms with Crippen LogP contribution in [0.25, 0.3) is 0 Å². The van der Waals surface area contributed by atoms with Gasteiger partial charge in [-0.3, -0.25) is 0 Å². The van der Waals surface area contributed by atoms with Gasteiger partial charge in [0.1, 0.15) is 0 Å². The van der Waals surface area contributed by atoms with Crippen LogP contribution in [0.5, 0.6) is 34.5 Å². The summed E-state index contributed by atoms with van der Waals surface area (Å²) in [5.41, 5.74) is 0. The van der Waals surface area contributed by atoms with Crippen molar-refractivity contribution in [3.05, 3.63) is 54.6 Å². The largest absolute Gasteiger partial charge is 2.00 e. The first-order chi connectivity index (χ1) is 15.5. The molecule has 0 heterocycles. The van der Waals surface area contributed by atoms with Gasteiger partial charge in [0, 0.05) is 0 Å². The van der Waals surface area contributed by atoms with Crippen molar-refractivity contribution in [3.63, 3.8) is 0 Å². The Labute approximate surface area is 223 Å². The number of hydrogen-bond acceptors (Lipinski definition) is 7. The van der Waals surface area contributed by atoms with Gasteiger partial charge in [-0.2, -0.15) is 0 Å². The molecule has 0 atom stereocenters. The topological polar surface area (TPSA) is 78.4 Å². The van der Waals surface area contributed by atoms with Crippen LogP contribution in [0.1, 0.15) is 0 Å². The molecule has 3 aromatic carbocycles. The molecule has 0 aliphatic rings. The minimum Gasteiger partial charge on any atom is -1.00 e. The molecule has 0 amide bonds. The molecule has 0 unspecified atom stereocenters. The molecule has 3 aromatic rings. The molecule has 178 valence electrons. The Hall–Kier alpha value is -2.31. The van der Waals surface area contributed by atoms with Crippen molar-refractivity contribution in [2.45, 2.75) is 0 Å². The maximum absolute atomic E-state index is 15.0. The van der Waals surface area contributed by atoms with Gasteiger partial charge in [0.05, 0.1) is 51.0 Å². The molecule has 0 bridgehead atoms. The molecule has 0 saturated carbocycles. The van der Waals surface area contributed by atoms with Crippen LogP contribution >= 0.6 is 0 Å². The third-order valence-electron chi connectivity index (χ3n) is 5.37. The van der Waals surface area contributed by atoms with Crippen LogP contribution in [0, 0.1) is 0 Å². The number of ether oxygens (including phenoxy) is 6. The van der Waals surface area contributed by atoms with Crippen LogP contribution in [0.2, 0.25) is 0 Å². The van der Waals surface area contributed by atoms with E-state index in [9.17, 15) is 4.80 Å². The second-order valence-electron chi connectivity index (χ2n) is 6.89. The fraction of sp³-hybridized carbons (Fsp3) is 0.250. The zero-order valence-corrected chi connectivity index (χ0v) is 23.3. The van der Waals surface area contributed by atoms with Crippen molar-refractivity contribution in [2.75, 3.05) is 42.7 Å². The molecule has 0 spiro atoms. The van der Waals surface area contributed by atoms with Gasteiger partial charge >= 0.3 is 23.1 Å². The quantitative estimate of drug-likeness (QED) is 0.234. The average Bonchev–Trinajstić information content (AvgIpc) is 2.86. The van der Waals surface area contributed by atoms with Gasteiger partial charge in [0.2, 0.25) is 0 Å². The maximum Gasteiger partial charge on any atom is 2.00 e. The van der Waals surface area contributed by atoms with Crippen LogP contribution in [0.4, 0.5) is 0 Å². The van der Waals surface area contributed by atoms with Gasteiger partial charge in [-0.25, -0.2) is 0 Å². The SMILES string of the molecule is COc1ccc([Si]([O-])(c2ccc(OC)c(OC)c2)c2ccc(OC)c(OC)c2)cc1OC.[Cl-].[Mg+2]. The van der Waals surface area contributed by atoms with E-state index in [1.807, 2.05) is 0 Å². The van der Waals surface area contributed by atoms with E-state index >= 15 is 0 Å². The number of methoxy groups -OCH3 is 6. The molecular weight excluding hydrogens is 488 g/mol. The fourth-order valence-electron chi connectivity index (χ4n) is 3.67. The zero-order chi connectivity index (χ0) is 23.3. The van der Waals surface area contributed by atoms with Crippen LogP contribution < -0.4 is 61.2 Å². The molecule has 0 aromatic heterocycles. The van der Waals surface area contributed by atoms with Crippen molar-refractivity contribution in [2.24, 2.45) is 0 Å². The van der Waals surface area contributed by atoms with Crippen molar-refractivity contribution in [1.29, 1.82) is 0 Å². The van der Waals surface area contributed by atoms with Gasteiger partial charge in [-0.05, 0) is 36.4 Å². The first-order valence-corrected chi connectivity index (χ1v) is 11.8. The molecule has 0 radical (unpaired) electrons. The average molecular weight is 515 g/mol. The third-order valence-corrected chi connectivity index (χ3v) is 8.74. The first-order valence-electron chi connectivity index (χ1n) is 9.84. The number of rotatable bonds is 9. The molecule has 0 aliphatic heterocycles. The minimum atomic E-state index is -3.78. The van der Waals surface area contributed by atoms with Gasteiger partial charge in [0.25, 0.3) is 0 Å². The Morgan fingerprint density at radius 1 is 0.471 bits per heavy atom. The van der Waals surface area contributed by atoms with E-state index in [1.165, 1.54) is 0 Å². The predicted octanol–water partition coefficient (Wildman–Crippen LogP) is -2.31. The Bertz CT molecular complexity index is 962. The smallest absolute Gasteiger partial charge is 1.00 e. The Balaban J connectivity index is 0.00000289.